The molecule has 0 spiro atoms. The fourth-order valence-electron chi connectivity index (χ4n) is 5.99. The van der Waals surface area contributed by atoms with Gasteiger partial charge in [-0.2, -0.15) is 0 Å². The summed E-state index contributed by atoms with van der Waals surface area (Å²) in [5, 5.41) is 3.01. The highest BCUT2D eigenvalue weighted by Gasteiger charge is 2.30. The highest BCUT2D eigenvalue weighted by atomic mass is 35.5. The molecule has 4 aromatic rings. The number of benzene rings is 2. The van der Waals surface area contributed by atoms with Crippen LogP contribution in [0.2, 0.25) is 5.02 Å². The van der Waals surface area contributed by atoms with Gasteiger partial charge in [-0.25, -0.2) is 0 Å². The van der Waals surface area contributed by atoms with Crippen molar-refractivity contribution in [1.82, 2.24) is 9.88 Å². The number of hydrogen-bond acceptors (Lipinski definition) is 5. The summed E-state index contributed by atoms with van der Waals surface area (Å²) in [7, 11) is 1.70. The van der Waals surface area contributed by atoms with Crippen LogP contribution in [0.15, 0.2) is 59.3 Å². The predicted molar refractivity (Wildman–Crippen MR) is 138 cm³/mol. The fraction of sp³-hybridized carbons (Fsp3) is 0.393. The van der Waals surface area contributed by atoms with E-state index >= 15 is 0 Å². The molecule has 0 atom stereocenters. The van der Waals surface area contributed by atoms with E-state index in [9.17, 15) is 0 Å². The van der Waals surface area contributed by atoms with Crippen molar-refractivity contribution in [2.24, 2.45) is 0 Å². The van der Waals surface area contributed by atoms with Crippen molar-refractivity contribution >= 4 is 39.2 Å². The van der Waals surface area contributed by atoms with Gasteiger partial charge in [0.2, 0.25) is 0 Å². The smallest absolute Gasteiger partial charge is 0.175 e. The SMILES string of the molecule is COc1cccc2c(C3CCC(N4CCN(c5ccc(Cl)c6cccnc56)CC4)CC3)coc12. The molecule has 2 fully saturated rings. The van der Waals surface area contributed by atoms with Gasteiger partial charge in [-0.15, -0.1) is 0 Å². The van der Waals surface area contributed by atoms with Crippen LogP contribution in [0.1, 0.15) is 37.2 Å². The Labute approximate surface area is 205 Å². The minimum absolute atomic E-state index is 0.567. The number of ether oxygens (including phenoxy) is 1. The number of methoxy groups -OCH3 is 1. The molecule has 1 saturated carbocycles. The Balaban J connectivity index is 1.10. The van der Waals surface area contributed by atoms with Crippen LogP contribution in [0.5, 0.6) is 5.75 Å². The average molecular weight is 476 g/mol. The van der Waals surface area contributed by atoms with Gasteiger partial charge < -0.3 is 14.1 Å². The normalized spacial score (nSPS) is 21.9. The summed E-state index contributed by atoms with van der Waals surface area (Å²) in [4.78, 5) is 9.81. The predicted octanol–water partition coefficient (Wildman–Crippen LogP) is 6.49. The van der Waals surface area contributed by atoms with E-state index < -0.39 is 0 Å². The van der Waals surface area contributed by atoms with Gasteiger partial charge in [0.25, 0.3) is 0 Å². The molecule has 0 amide bonds. The van der Waals surface area contributed by atoms with Crippen LogP contribution in [-0.4, -0.2) is 49.2 Å². The number of nitrogens with zero attached hydrogens (tertiary/aromatic N) is 3. The minimum atomic E-state index is 0.567. The molecule has 2 aromatic carbocycles. The molecule has 34 heavy (non-hydrogen) atoms. The van der Waals surface area contributed by atoms with E-state index in [1.165, 1.54) is 42.3 Å². The Morgan fingerprint density at radius 2 is 1.74 bits per heavy atom. The van der Waals surface area contributed by atoms with E-state index in [-0.39, 0.29) is 0 Å². The van der Waals surface area contributed by atoms with Crippen LogP contribution in [0.25, 0.3) is 21.9 Å². The van der Waals surface area contributed by atoms with Crippen molar-refractivity contribution in [2.45, 2.75) is 37.6 Å². The zero-order valence-corrected chi connectivity index (χ0v) is 20.3. The van der Waals surface area contributed by atoms with Crippen LogP contribution in [0.4, 0.5) is 5.69 Å². The van der Waals surface area contributed by atoms with E-state index in [0.717, 1.165) is 53.4 Å². The van der Waals surface area contributed by atoms with Crippen LogP contribution in [0, 0.1) is 0 Å². The fourth-order valence-corrected chi connectivity index (χ4v) is 6.20. The van der Waals surface area contributed by atoms with Gasteiger partial charge in [-0.1, -0.05) is 23.7 Å². The lowest BCUT2D eigenvalue weighted by Gasteiger charge is -2.42. The number of para-hydroxylation sites is 1. The quantitative estimate of drug-likeness (QED) is 0.337. The molecule has 1 aliphatic heterocycles. The summed E-state index contributed by atoms with van der Waals surface area (Å²) in [6.45, 7) is 4.25. The number of furan rings is 1. The lowest BCUT2D eigenvalue weighted by molar-refractivity contribution is 0.141. The van der Waals surface area contributed by atoms with Crippen LogP contribution in [-0.2, 0) is 0 Å². The molecule has 0 bridgehead atoms. The van der Waals surface area contributed by atoms with Gasteiger partial charge in [0.1, 0.15) is 0 Å². The monoisotopic (exact) mass is 475 g/mol. The van der Waals surface area contributed by atoms with E-state index in [1.807, 2.05) is 30.7 Å². The van der Waals surface area contributed by atoms with Crippen LogP contribution >= 0.6 is 11.6 Å². The van der Waals surface area contributed by atoms with Gasteiger partial charge in [0.15, 0.2) is 11.3 Å². The Hall–Kier alpha value is -2.76. The molecule has 0 N–H and O–H groups in total. The lowest BCUT2D eigenvalue weighted by Crippen LogP contribution is -2.51. The van der Waals surface area contributed by atoms with Crippen molar-refractivity contribution < 1.29 is 9.15 Å². The summed E-state index contributed by atoms with van der Waals surface area (Å²) in [6.07, 6.45) is 8.72. The lowest BCUT2D eigenvalue weighted by atomic mass is 9.81. The minimum Gasteiger partial charge on any atom is -0.493 e. The molecule has 0 unspecified atom stereocenters. The molecule has 176 valence electrons. The molecular weight excluding hydrogens is 446 g/mol. The topological polar surface area (TPSA) is 41.7 Å². The third-order valence-corrected chi connectivity index (χ3v) is 8.15. The molecule has 2 aliphatic rings. The molecule has 5 nitrogen and oxygen atoms in total. The van der Waals surface area contributed by atoms with Gasteiger partial charge >= 0.3 is 0 Å². The number of fused-ring (bicyclic) bond motifs is 2. The summed E-state index contributed by atoms with van der Waals surface area (Å²) in [5.41, 5.74) is 4.43. The Kier molecular flexibility index (Phi) is 5.84. The molecule has 6 heteroatoms. The zero-order valence-electron chi connectivity index (χ0n) is 19.5. The van der Waals surface area contributed by atoms with Gasteiger partial charge in [0.05, 0.1) is 29.6 Å². The number of pyridine rings is 1. The van der Waals surface area contributed by atoms with Crippen molar-refractivity contribution in [1.29, 1.82) is 0 Å². The van der Waals surface area contributed by atoms with Gasteiger partial charge in [0, 0.05) is 54.8 Å². The number of hydrogen-bond donors (Lipinski definition) is 0. The Morgan fingerprint density at radius 3 is 2.53 bits per heavy atom. The van der Waals surface area contributed by atoms with Crippen LogP contribution < -0.4 is 9.64 Å². The van der Waals surface area contributed by atoms with E-state index in [0.29, 0.717) is 12.0 Å². The third-order valence-electron chi connectivity index (χ3n) is 7.82. The van der Waals surface area contributed by atoms with Gasteiger partial charge in [-0.05, 0) is 61.9 Å². The number of rotatable bonds is 4. The molecule has 1 aliphatic carbocycles. The largest absolute Gasteiger partial charge is 0.493 e. The summed E-state index contributed by atoms with van der Waals surface area (Å²) in [5.74, 6) is 1.39. The number of aromatic nitrogens is 1. The Morgan fingerprint density at radius 1 is 0.941 bits per heavy atom. The first-order valence-electron chi connectivity index (χ1n) is 12.3. The highest BCUT2D eigenvalue weighted by Crippen LogP contribution is 2.41. The van der Waals surface area contributed by atoms with Crippen molar-refractivity contribution in [3.05, 3.63) is 65.5 Å². The van der Waals surface area contributed by atoms with E-state index in [2.05, 4.69) is 39.0 Å². The van der Waals surface area contributed by atoms with Crippen LogP contribution in [0.3, 0.4) is 0 Å². The first-order valence-corrected chi connectivity index (χ1v) is 12.7. The second-order valence-electron chi connectivity index (χ2n) is 9.52. The molecule has 3 heterocycles. The first-order chi connectivity index (χ1) is 16.7. The molecule has 6 rings (SSSR count). The third kappa shape index (κ3) is 3.81. The summed E-state index contributed by atoms with van der Waals surface area (Å²) < 4.78 is 11.4. The number of anilines is 1. The van der Waals surface area contributed by atoms with Crippen molar-refractivity contribution in [2.75, 3.05) is 38.2 Å². The number of piperazine rings is 1. The zero-order chi connectivity index (χ0) is 23.1. The summed E-state index contributed by atoms with van der Waals surface area (Å²) in [6, 6.07) is 15.0. The first kappa shape index (κ1) is 21.8. The Bertz CT molecular complexity index is 1300. The molecule has 0 radical (unpaired) electrons. The average Bonchev–Trinajstić information content (AvgIpc) is 3.34. The van der Waals surface area contributed by atoms with Crippen molar-refractivity contribution in [3.8, 4) is 5.75 Å². The molecule has 2 aromatic heterocycles. The standard InChI is InChI=1S/C28H30ClN3O2/c1-33-26-6-2-4-21-23(18-34-28(21)26)19-7-9-20(10-8-19)31-14-16-32(17-15-31)25-12-11-24(29)22-5-3-13-30-27(22)25/h2-6,11-13,18-20H,7-10,14-17H2,1H3. The highest BCUT2D eigenvalue weighted by molar-refractivity contribution is 6.35. The maximum atomic E-state index is 6.41. The molecular formula is C28H30ClN3O2. The molecule has 1 saturated heterocycles. The van der Waals surface area contributed by atoms with Gasteiger partial charge in [-0.3, -0.25) is 9.88 Å². The second-order valence-corrected chi connectivity index (χ2v) is 9.93. The maximum Gasteiger partial charge on any atom is 0.175 e. The second kappa shape index (κ2) is 9.12. The maximum absolute atomic E-state index is 6.41. The van der Waals surface area contributed by atoms with E-state index in [1.54, 1.807) is 7.11 Å². The summed E-state index contributed by atoms with van der Waals surface area (Å²) >= 11 is 6.41. The van der Waals surface area contributed by atoms with Crippen molar-refractivity contribution in [3.63, 3.8) is 0 Å². The van der Waals surface area contributed by atoms with E-state index in [4.69, 9.17) is 20.8 Å². The number of halogens is 1.